The van der Waals surface area contributed by atoms with E-state index in [2.05, 4.69) is 5.32 Å². The highest BCUT2D eigenvalue weighted by atomic mass is 35.5. The standard InChI is InChI=1S/C17H18FNO4.ClH/c18-13-4-6-15(7-5-13)21-10-14(20)9-19-8-12-2-1-3-16-17(12)23-11-22-16;/h1-7,14,19-20H,8-11H2;1H. The van der Waals surface area contributed by atoms with Crippen molar-refractivity contribution in [2.75, 3.05) is 19.9 Å². The van der Waals surface area contributed by atoms with E-state index < -0.39 is 6.10 Å². The van der Waals surface area contributed by atoms with E-state index in [4.69, 9.17) is 14.2 Å². The highest BCUT2D eigenvalue weighted by molar-refractivity contribution is 5.85. The van der Waals surface area contributed by atoms with Crippen LogP contribution >= 0.6 is 12.4 Å². The van der Waals surface area contributed by atoms with Crippen molar-refractivity contribution in [2.24, 2.45) is 0 Å². The summed E-state index contributed by atoms with van der Waals surface area (Å²) >= 11 is 0. The lowest BCUT2D eigenvalue weighted by atomic mass is 10.2. The molecule has 5 nitrogen and oxygen atoms in total. The molecule has 130 valence electrons. The molecule has 3 rings (SSSR count). The second-order valence-corrected chi connectivity index (χ2v) is 5.20. The molecular weight excluding hydrogens is 337 g/mol. The van der Waals surface area contributed by atoms with Gasteiger partial charge in [0, 0.05) is 18.7 Å². The number of aliphatic hydroxyl groups excluding tert-OH is 1. The summed E-state index contributed by atoms with van der Waals surface area (Å²) in [4.78, 5) is 0. The number of benzene rings is 2. The lowest BCUT2D eigenvalue weighted by molar-refractivity contribution is 0.106. The van der Waals surface area contributed by atoms with Crippen molar-refractivity contribution in [1.82, 2.24) is 5.32 Å². The van der Waals surface area contributed by atoms with Crippen molar-refractivity contribution in [3.8, 4) is 17.2 Å². The first-order chi connectivity index (χ1) is 11.2. The zero-order chi connectivity index (χ0) is 16.1. The number of ether oxygens (including phenoxy) is 3. The normalized spacial score (nSPS) is 13.2. The molecule has 0 spiro atoms. The Balaban J connectivity index is 0.00000208. The average molecular weight is 356 g/mol. The van der Waals surface area contributed by atoms with Gasteiger partial charge in [-0.25, -0.2) is 4.39 Å². The molecule has 1 atom stereocenters. The third kappa shape index (κ3) is 4.74. The summed E-state index contributed by atoms with van der Waals surface area (Å²) in [5.74, 6) is 1.69. The third-order valence-corrected chi connectivity index (χ3v) is 3.43. The Hall–Kier alpha value is -2.02. The van der Waals surface area contributed by atoms with Crippen LogP contribution in [0.5, 0.6) is 17.2 Å². The van der Waals surface area contributed by atoms with Gasteiger partial charge < -0.3 is 24.6 Å². The first-order valence-corrected chi connectivity index (χ1v) is 7.37. The summed E-state index contributed by atoms with van der Waals surface area (Å²) in [5, 5.41) is 13.1. The van der Waals surface area contributed by atoms with Gasteiger partial charge in [-0.2, -0.15) is 0 Å². The third-order valence-electron chi connectivity index (χ3n) is 3.43. The lowest BCUT2D eigenvalue weighted by Crippen LogP contribution is -2.31. The van der Waals surface area contributed by atoms with Crippen LogP contribution in [0.15, 0.2) is 42.5 Å². The van der Waals surface area contributed by atoms with E-state index >= 15 is 0 Å². The molecule has 1 unspecified atom stereocenters. The number of halogens is 2. The zero-order valence-corrected chi connectivity index (χ0v) is 13.7. The molecule has 0 bridgehead atoms. The van der Waals surface area contributed by atoms with Crippen LogP contribution in [-0.2, 0) is 6.54 Å². The number of aliphatic hydroxyl groups is 1. The molecule has 1 heterocycles. The molecule has 0 saturated carbocycles. The summed E-state index contributed by atoms with van der Waals surface area (Å²) in [6, 6.07) is 11.4. The zero-order valence-electron chi connectivity index (χ0n) is 12.9. The molecule has 24 heavy (non-hydrogen) atoms. The van der Waals surface area contributed by atoms with Gasteiger partial charge in [-0.15, -0.1) is 12.4 Å². The van der Waals surface area contributed by atoms with E-state index in [1.54, 1.807) is 0 Å². The fraction of sp³-hybridized carbons (Fsp3) is 0.294. The molecule has 1 aliphatic heterocycles. The number of fused-ring (bicyclic) bond motifs is 1. The van der Waals surface area contributed by atoms with Gasteiger partial charge in [0.1, 0.15) is 24.3 Å². The molecule has 2 aromatic carbocycles. The Labute approximate surface area is 145 Å². The van der Waals surface area contributed by atoms with Gasteiger partial charge in [0.05, 0.1) is 0 Å². The van der Waals surface area contributed by atoms with Crippen LogP contribution in [0.2, 0.25) is 0 Å². The number of para-hydroxylation sites is 1. The van der Waals surface area contributed by atoms with E-state index in [1.807, 2.05) is 18.2 Å². The molecule has 2 aromatic rings. The lowest BCUT2D eigenvalue weighted by Gasteiger charge is -2.14. The van der Waals surface area contributed by atoms with Gasteiger partial charge in [-0.1, -0.05) is 12.1 Å². The molecule has 0 aliphatic carbocycles. The fourth-order valence-electron chi connectivity index (χ4n) is 2.29. The molecular formula is C17H19ClFNO4. The van der Waals surface area contributed by atoms with Gasteiger partial charge in [-0.3, -0.25) is 0 Å². The maximum Gasteiger partial charge on any atom is 0.231 e. The van der Waals surface area contributed by atoms with Crippen LogP contribution in [0, 0.1) is 5.82 Å². The van der Waals surface area contributed by atoms with Crippen LogP contribution < -0.4 is 19.5 Å². The van der Waals surface area contributed by atoms with Crippen molar-refractivity contribution >= 4 is 12.4 Å². The van der Waals surface area contributed by atoms with Crippen LogP contribution in [0.3, 0.4) is 0 Å². The van der Waals surface area contributed by atoms with Gasteiger partial charge in [-0.05, 0) is 30.3 Å². The quantitative estimate of drug-likeness (QED) is 0.799. The molecule has 0 aromatic heterocycles. The molecule has 0 radical (unpaired) electrons. The second kappa shape index (κ2) is 8.73. The fourth-order valence-corrected chi connectivity index (χ4v) is 2.29. The van der Waals surface area contributed by atoms with Gasteiger partial charge in [0.25, 0.3) is 0 Å². The van der Waals surface area contributed by atoms with Crippen LogP contribution in [0.25, 0.3) is 0 Å². The average Bonchev–Trinajstić information content (AvgIpc) is 3.04. The SMILES string of the molecule is Cl.OC(CNCc1cccc2c1OCO2)COc1ccc(F)cc1. The van der Waals surface area contributed by atoms with E-state index in [9.17, 15) is 9.50 Å². The first-order valence-electron chi connectivity index (χ1n) is 7.37. The smallest absolute Gasteiger partial charge is 0.231 e. The Morgan fingerprint density at radius 2 is 1.96 bits per heavy atom. The number of rotatable bonds is 7. The van der Waals surface area contributed by atoms with Gasteiger partial charge in [0.15, 0.2) is 11.5 Å². The highest BCUT2D eigenvalue weighted by Gasteiger charge is 2.17. The van der Waals surface area contributed by atoms with Crippen molar-refractivity contribution in [3.63, 3.8) is 0 Å². The van der Waals surface area contributed by atoms with Crippen molar-refractivity contribution in [1.29, 1.82) is 0 Å². The maximum absolute atomic E-state index is 12.8. The van der Waals surface area contributed by atoms with Crippen molar-refractivity contribution in [3.05, 3.63) is 53.8 Å². The Morgan fingerprint density at radius 1 is 1.17 bits per heavy atom. The maximum atomic E-state index is 12.8. The predicted molar refractivity (Wildman–Crippen MR) is 89.4 cm³/mol. The predicted octanol–water partition coefficient (Wildman–Crippen LogP) is 2.51. The highest BCUT2D eigenvalue weighted by Crippen LogP contribution is 2.35. The van der Waals surface area contributed by atoms with Crippen LogP contribution in [-0.4, -0.2) is 31.2 Å². The minimum Gasteiger partial charge on any atom is -0.491 e. The molecule has 0 amide bonds. The Morgan fingerprint density at radius 3 is 2.75 bits per heavy atom. The molecule has 0 fully saturated rings. The van der Waals surface area contributed by atoms with Crippen LogP contribution in [0.4, 0.5) is 4.39 Å². The summed E-state index contributed by atoms with van der Waals surface area (Å²) in [7, 11) is 0. The second-order valence-electron chi connectivity index (χ2n) is 5.20. The summed E-state index contributed by atoms with van der Waals surface area (Å²) in [6.07, 6.45) is -0.672. The van der Waals surface area contributed by atoms with E-state index in [0.717, 1.165) is 17.1 Å². The van der Waals surface area contributed by atoms with E-state index in [1.165, 1.54) is 24.3 Å². The molecule has 0 saturated heterocycles. The topological polar surface area (TPSA) is 60.0 Å². The Bertz CT molecular complexity index is 654. The van der Waals surface area contributed by atoms with Crippen molar-refractivity contribution < 1.29 is 23.7 Å². The summed E-state index contributed by atoms with van der Waals surface area (Å²) in [5.41, 5.74) is 0.978. The minimum absolute atomic E-state index is 0. The summed E-state index contributed by atoms with van der Waals surface area (Å²) < 4.78 is 28.9. The number of nitrogens with one attached hydrogen (secondary N) is 1. The molecule has 2 N–H and O–H groups in total. The number of hydrogen-bond acceptors (Lipinski definition) is 5. The van der Waals surface area contributed by atoms with E-state index in [0.29, 0.717) is 18.8 Å². The Kier molecular flexibility index (Phi) is 6.66. The van der Waals surface area contributed by atoms with Gasteiger partial charge in [0.2, 0.25) is 6.79 Å². The van der Waals surface area contributed by atoms with Gasteiger partial charge >= 0.3 is 0 Å². The minimum atomic E-state index is -0.672. The van der Waals surface area contributed by atoms with E-state index in [-0.39, 0.29) is 31.6 Å². The molecule has 7 heteroatoms. The first kappa shape index (κ1) is 18.3. The van der Waals surface area contributed by atoms with Crippen molar-refractivity contribution in [2.45, 2.75) is 12.6 Å². The largest absolute Gasteiger partial charge is 0.491 e. The number of hydrogen-bond donors (Lipinski definition) is 2. The van der Waals surface area contributed by atoms with Crippen LogP contribution in [0.1, 0.15) is 5.56 Å². The molecule has 1 aliphatic rings. The summed E-state index contributed by atoms with van der Waals surface area (Å²) in [6.45, 7) is 1.29. The monoisotopic (exact) mass is 355 g/mol.